The van der Waals surface area contributed by atoms with E-state index in [-0.39, 0.29) is 23.8 Å². The summed E-state index contributed by atoms with van der Waals surface area (Å²) in [6, 6.07) is 4.38. The lowest BCUT2D eigenvalue weighted by molar-refractivity contribution is -0.119. The molecule has 0 spiro atoms. The Kier molecular flexibility index (Phi) is 5.37. The van der Waals surface area contributed by atoms with Crippen LogP contribution in [0, 0.1) is 5.92 Å². The van der Waals surface area contributed by atoms with Gasteiger partial charge in [-0.15, -0.1) is 0 Å². The molecular weight excluding hydrogens is 258 g/mol. The average Bonchev–Trinajstić information content (AvgIpc) is 2.36. The van der Waals surface area contributed by atoms with Crippen LogP contribution >= 0.6 is 0 Å². The Balaban J connectivity index is 3.05. The quantitative estimate of drug-likeness (QED) is 0.538. The number of benzene rings is 1. The molecule has 6 heteroatoms. The van der Waals surface area contributed by atoms with Crippen molar-refractivity contribution in [3.8, 4) is 0 Å². The second kappa shape index (κ2) is 6.79. The van der Waals surface area contributed by atoms with Gasteiger partial charge < -0.3 is 21.5 Å². The van der Waals surface area contributed by atoms with E-state index in [1.165, 1.54) is 0 Å². The van der Waals surface area contributed by atoms with Crippen LogP contribution in [0.5, 0.6) is 0 Å². The van der Waals surface area contributed by atoms with E-state index in [2.05, 4.69) is 5.32 Å². The topological polar surface area (TPSA) is 107 Å². The number of esters is 1. The van der Waals surface area contributed by atoms with Gasteiger partial charge in [0, 0.05) is 0 Å². The molecule has 0 saturated heterocycles. The van der Waals surface area contributed by atoms with Gasteiger partial charge in [0.15, 0.2) is 0 Å². The second-order valence-electron chi connectivity index (χ2n) is 4.76. The van der Waals surface area contributed by atoms with Gasteiger partial charge in [-0.2, -0.15) is 0 Å². The summed E-state index contributed by atoms with van der Waals surface area (Å²) in [4.78, 5) is 23.2. The predicted octanol–water partition coefficient (Wildman–Crippen LogP) is 1.37. The molecular formula is C14H21N3O3. The molecule has 0 fully saturated rings. The maximum absolute atomic E-state index is 11.7. The van der Waals surface area contributed by atoms with Crippen LogP contribution in [0.2, 0.25) is 0 Å². The molecule has 110 valence electrons. The highest BCUT2D eigenvalue weighted by molar-refractivity contribution is 5.99. The van der Waals surface area contributed by atoms with Crippen LogP contribution in [-0.4, -0.2) is 24.5 Å². The van der Waals surface area contributed by atoms with Gasteiger partial charge in [-0.1, -0.05) is 19.9 Å². The van der Waals surface area contributed by atoms with E-state index in [0.29, 0.717) is 5.69 Å². The summed E-state index contributed by atoms with van der Waals surface area (Å²) < 4.78 is 4.93. The average molecular weight is 279 g/mol. The fourth-order valence-electron chi connectivity index (χ4n) is 1.81. The van der Waals surface area contributed by atoms with Gasteiger partial charge in [0.2, 0.25) is 5.91 Å². The third-order valence-electron chi connectivity index (χ3n) is 2.89. The zero-order chi connectivity index (χ0) is 15.3. The maximum atomic E-state index is 11.7. The van der Waals surface area contributed by atoms with E-state index in [0.717, 1.165) is 0 Å². The van der Waals surface area contributed by atoms with Gasteiger partial charge in [0.05, 0.1) is 23.5 Å². The number of nitrogen functional groups attached to an aromatic ring is 1. The van der Waals surface area contributed by atoms with E-state index < -0.39 is 17.9 Å². The summed E-state index contributed by atoms with van der Waals surface area (Å²) in [5, 5.41) is 2.98. The third kappa shape index (κ3) is 3.63. The smallest absolute Gasteiger partial charge is 0.340 e. The highest BCUT2D eigenvalue weighted by Crippen LogP contribution is 2.25. The SMILES string of the molecule is CCOC(=O)c1cccc(NC(C(N)=O)C(C)C)c1N. The number of ether oxygens (including phenoxy) is 1. The number of amides is 1. The van der Waals surface area contributed by atoms with Crippen LogP contribution in [0.1, 0.15) is 31.1 Å². The number of para-hydroxylation sites is 1. The highest BCUT2D eigenvalue weighted by atomic mass is 16.5. The molecule has 1 atom stereocenters. The number of nitrogens with one attached hydrogen (secondary N) is 1. The van der Waals surface area contributed by atoms with Crippen molar-refractivity contribution in [3.63, 3.8) is 0 Å². The molecule has 0 bridgehead atoms. The van der Waals surface area contributed by atoms with Gasteiger partial charge in [-0.25, -0.2) is 4.79 Å². The molecule has 1 aromatic carbocycles. The molecule has 20 heavy (non-hydrogen) atoms. The molecule has 0 heterocycles. The van der Waals surface area contributed by atoms with Crippen LogP contribution in [-0.2, 0) is 9.53 Å². The van der Waals surface area contributed by atoms with Crippen LogP contribution in [0.25, 0.3) is 0 Å². The minimum Gasteiger partial charge on any atom is -0.462 e. The summed E-state index contributed by atoms with van der Waals surface area (Å²) in [5.41, 5.74) is 12.3. The lowest BCUT2D eigenvalue weighted by Gasteiger charge is -2.21. The molecule has 0 aliphatic heterocycles. The van der Waals surface area contributed by atoms with Crippen molar-refractivity contribution in [2.24, 2.45) is 11.7 Å². The Bertz CT molecular complexity index is 500. The molecule has 0 aliphatic carbocycles. The molecule has 1 aromatic rings. The Hall–Kier alpha value is -2.24. The van der Waals surface area contributed by atoms with E-state index in [4.69, 9.17) is 16.2 Å². The van der Waals surface area contributed by atoms with Crippen molar-refractivity contribution in [2.45, 2.75) is 26.8 Å². The van der Waals surface area contributed by atoms with Gasteiger partial charge in [0.25, 0.3) is 0 Å². The van der Waals surface area contributed by atoms with Crippen LogP contribution in [0.15, 0.2) is 18.2 Å². The molecule has 0 saturated carbocycles. The standard InChI is InChI=1S/C14H21N3O3/c1-4-20-14(19)9-6-5-7-10(11(9)15)17-12(8(2)3)13(16)18/h5-8,12,17H,4,15H2,1-3H3,(H2,16,18). The van der Waals surface area contributed by atoms with Gasteiger partial charge in [-0.3, -0.25) is 4.79 Å². The summed E-state index contributed by atoms with van der Waals surface area (Å²) in [6.07, 6.45) is 0. The van der Waals surface area contributed by atoms with Crippen molar-refractivity contribution in [3.05, 3.63) is 23.8 Å². The lowest BCUT2D eigenvalue weighted by Crippen LogP contribution is -2.39. The predicted molar refractivity (Wildman–Crippen MR) is 78.3 cm³/mol. The number of primary amides is 1. The van der Waals surface area contributed by atoms with E-state index in [1.54, 1.807) is 25.1 Å². The molecule has 1 unspecified atom stereocenters. The first-order chi connectivity index (χ1) is 9.38. The largest absolute Gasteiger partial charge is 0.462 e. The number of anilines is 2. The summed E-state index contributed by atoms with van der Waals surface area (Å²) >= 11 is 0. The monoisotopic (exact) mass is 279 g/mol. The number of hydrogen-bond acceptors (Lipinski definition) is 5. The lowest BCUT2D eigenvalue weighted by atomic mass is 10.0. The number of nitrogens with two attached hydrogens (primary N) is 2. The first-order valence-electron chi connectivity index (χ1n) is 6.49. The van der Waals surface area contributed by atoms with E-state index >= 15 is 0 Å². The van der Waals surface area contributed by atoms with Crippen LogP contribution in [0.3, 0.4) is 0 Å². The van der Waals surface area contributed by atoms with E-state index in [1.807, 2.05) is 13.8 Å². The van der Waals surface area contributed by atoms with Gasteiger partial charge in [-0.05, 0) is 25.0 Å². The molecule has 1 amide bonds. The molecule has 1 rings (SSSR count). The van der Waals surface area contributed by atoms with Crippen LogP contribution in [0.4, 0.5) is 11.4 Å². The Labute approximate surface area is 118 Å². The summed E-state index contributed by atoms with van der Waals surface area (Å²) in [5.74, 6) is -0.965. The van der Waals surface area contributed by atoms with E-state index in [9.17, 15) is 9.59 Å². The number of hydrogen-bond donors (Lipinski definition) is 3. The molecule has 0 aliphatic rings. The minimum atomic E-state index is -0.560. The minimum absolute atomic E-state index is 0.00171. The molecule has 0 aromatic heterocycles. The summed E-state index contributed by atoms with van der Waals surface area (Å²) in [6.45, 7) is 5.73. The Morgan fingerprint density at radius 1 is 1.35 bits per heavy atom. The Morgan fingerprint density at radius 2 is 2.00 bits per heavy atom. The van der Waals surface area contributed by atoms with Crippen molar-refractivity contribution in [2.75, 3.05) is 17.7 Å². The van der Waals surface area contributed by atoms with Gasteiger partial charge >= 0.3 is 5.97 Å². The van der Waals surface area contributed by atoms with Gasteiger partial charge in [0.1, 0.15) is 6.04 Å². The zero-order valence-electron chi connectivity index (χ0n) is 12.0. The normalized spacial score (nSPS) is 12.0. The van der Waals surface area contributed by atoms with Crippen LogP contribution < -0.4 is 16.8 Å². The zero-order valence-corrected chi connectivity index (χ0v) is 12.0. The number of rotatable bonds is 6. The first-order valence-corrected chi connectivity index (χ1v) is 6.49. The maximum Gasteiger partial charge on any atom is 0.340 e. The van der Waals surface area contributed by atoms with Crippen molar-refractivity contribution in [1.29, 1.82) is 0 Å². The van der Waals surface area contributed by atoms with Crippen molar-refractivity contribution >= 4 is 23.3 Å². The first kappa shape index (κ1) is 15.8. The highest BCUT2D eigenvalue weighted by Gasteiger charge is 2.21. The van der Waals surface area contributed by atoms with Crippen molar-refractivity contribution < 1.29 is 14.3 Å². The molecule has 0 radical (unpaired) electrons. The molecule has 5 N–H and O–H groups in total. The third-order valence-corrected chi connectivity index (χ3v) is 2.89. The van der Waals surface area contributed by atoms with Crippen molar-refractivity contribution in [1.82, 2.24) is 0 Å². The fraction of sp³-hybridized carbons (Fsp3) is 0.429. The molecule has 6 nitrogen and oxygen atoms in total. The summed E-state index contributed by atoms with van der Waals surface area (Å²) in [7, 11) is 0. The number of carbonyl (C=O) groups excluding carboxylic acids is 2. The number of carbonyl (C=O) groups is 2. The Morgan fingerprint density at radius 3 is 2.50 bits per heavy atom. The fourth-order valence-corrected chi connectivity index (χ4v) is 1.81. The second-order valence-corrected chi connectivity index (χ2v) is 4.76.